The molecule has 0 aliphatic heterocycles. The molecule has 0 fully saturated rings. The number of hydrogen-bond acceptors (Lipinski definition) is 3. The summed E-state index contributed by atoms with van der Waals surface area (Å²) in [5, 5.41) is 17.0. The molecule has 1 aromatic rings. The van der Waals surface area contributed by atoms with Gasteiger partial charge in [0.25, 0.3) is 0 Å². The molecule has 78 valence electrons. The summed E-state index contributed by atoms with van der Waals surface area (Å²) in [6, 6.07) is 0. The predicted molar refractivity (Wildman–Crippen MR) is 53.9 cm³/mol. The van der Waals surface area contributed by atoms with Crippen LogP contribution in [0.2, 0.25) is 0 Å². The average Bonchev–Trinajstić information content (AvgIpc) is 2.61. The van der Waals surface area contributed by atoms with E-state index in [-0.39, 0.29) is 0 Å². The lowest BCUT2D eigenvalue weighted by atomic mass is 9.94. The number of aryl methyl sites for hydroxylation is 1. The highest BCUT2D eigenvalue weighted by atomic mass is 16.3. The minimum absolute atomic E-state index is 0.488. The molecule has 4 N–H and O–H groups in total. The predicted octanol–water partition coefficient (Wildman–Crippen LogP) is 0.671. The topological polar surface area (TPSA) is 74.9 Å². The van der Waals surface area contributed by atoms with Gasteiger partial charge in [0.1, 0.15) is 0 Å². The Hall–Kier alpha value is -0.870. The summed E-state index contributed by atoms with van der Waals surface area (Å²) in [5.74, 6) is 0. The van der Waals surface area contributed by atoms with Crippen LogP contribution in [0.3, 0.4) is 0 Å². The summed E-state index contributed by atoms with van der Waals surface area (Å²) in [4.78, 5) is 0. The molecule has 2 rings (SSSR count). The Labute approximate surface area is 83.5 Å². The molecule has 0 bridgehead atoms. The van der Waals surface area contributed by atoms with Crippen molar-refractivity contribution in [2.75, 3.05) is 6.54 Å². The van der Waals surface area contributed by atoms with Crippen LogP contribution in [0.25, 0.3) is 0 Å². The van der Waals surface area contributed by atoms with Crippen molar-refractivity contribution in [3.8, 4) is 0 Å². The first-order valence-corrected chi connectivity index (χ1v) is 5.27. The molecule has 14 heavy (non-hydrogen) atoms. The van der Waals surface area contributed by atoms with Crippen molar-refractivity contribution in [2.45, 2.75) is 38.2 Å². The summed E-state index contributed by atoms with van der Waals surface area (Å²) in [6.45, 7) is 0.503. The molecule has 1 aliphatic rings. The zero-order valence-electron chi connectivity index (χ0n) is 8.29. The third-order valence-corrected chi connectivity index (χ3v) is 2.84. The highest BCUT2D eigenvalue weighted by molar-refractivity contribution is 5.29. The molecule has 4 heteroatoms. The van der Waals surface area contributed by atoms with Crippen LogP contribution >= 0.6 is 0 Å². The van der Waals surface area contributed by atoms with Crippen LogP contribution < -0.4 is 5.73 Å². The van der Waals surface area contributed by atoms with E-state index in [1.54, 1.807) is 0 Å². The van der Waals surface area contributed by atoms with Crippen molar-refractivity contribution in [1.82, 2.24) is 10.2 Å². The van der Waals surface area contributed by atoms with Gasteiger partial charge in [-0.05, 0) is 44.2 Å². The number of rotatable bonds is 3. The summed E-state index contributed by atoms with van der Waals surface area (Å²) in [6.07, 6.45) is 4.65. The zero-order valence-corrected chi connectivity index (χ0v) is 8.29. The number of aliphatic hydroxyl groups is 1. The molecule has 0 saturated heterocycles. The Kier molecular flexibility index (Phi) is 2.84. The first kappa shape index (κ1) is 9.68. The van der Waals surface area contributed by atoms with Crippen LogP contribution in [0.4, 0.5) is 0 Å². The molecule has 1 atom stereocenters. The van der Waals surface area contributed by atoms with Crippen LogP contribution in [-0.4, -0.2) is 21.8 Å². The van der Waals surface area contributed by atoms with Crippen LogP contribution in [0.15, 0.2) is 0 Å². The van der Waals surface area contributed by atoms with E-state index >= 15 is 0 Å². The van der Waals surface area contributed by atoms with Crippen LogP contribution in [0, 0.1) is 0 Å². The van der Waals surface area contributed by atoms with Gasteiger partial charge in [0.15, 0.2) is 0 Å². The molecular weight excluding hydrogens is 178 g/mol. The van der Waals surface area contributed by atoms with E-state index in [0.29, 0.717) is 13.0 Å². The number of aromatic amines is 1. The number of nitrogens with one attached hydrogen (secondary N) is 1. The molecule has 4 nitrogen and oxygen atoms in total. The average molecular weight is 195 g/mol. The van der Waals surface area contributed by atoms with E-state index in [2.05, 4.69) is 10.2 Å². The largest absolute Gasteiger partial charge is 0.387 e. The third kappa shape index (κ3) is 1.67. The van der Waals surface area contributed by atoms with Gasteiger partial charge in [0, 0.05) is 5.69 Å². The Morgan fingerprint density at radius 3 is 3.00 bits per heavy atom. The van der Waals surface area contributed by atoms with Gasteiger partial charge < -0.3 is 10.8 Å². The SMILES string of the molecule is NCC[C@H](O)c1n[nH]c2c1CCCC2. The fraction of sp³-hybridized carbons (Fsp3) is 0.700. The molecule has 0 spiro atoms. The van der Waals surface area contributed by atoms with E-state index in [4.69, 9.17) is 5.73 Å². The molecule has 1 aromatic heterocycles. The van der Waals surface area contributed by atoms with Gasteiger partial charge in [-0.25, -0.2) is 0 Å². The van der Waals surface area contributed by atoms with Crippen LogP contribution in [0.1, 0.15) is 42.3 Å². The lowest BCUT2D eigenvalue weighted by Gasteiger charge is -2.13. The Morgan fingerprint density at radius 1 is 1.43 bits per heavy atom. The molecular formula is C10H17N3O. The van der Waals surface area contributed by atoms with Crippen LogP contribution in [-0.2, 0) is 12.8 Å². The maximum atomic E-state index is 9.80. The van der Waals surface area contributed by atoms with Gasteiger partial charge in [-0.1, -0.05) is 0 Å². The highest BCUT2D eigenvalue weighted by Gasteiger charge is 2.21. The number of nitrogens with zero attached hydrogens (tertiary/aromatic N) is 1. The van der Waals surface area contributed by atoms with E-state index < -0.39 is 6.10 Å². The summed E-state index contributed by atoms with van der Waals surface area (Å²) >= 11 is 0. The highest BCUT2D eigenvalue weighted by Crippen LogP contribution is 2.26. The second-order valence-electron chi connectivity index (χ2n) is 3.87. The van der Waals surface area contributed by atoms with Gasteiger partial charge in [-0.2, -0.15) is 5.10 Å². The Bertz CT molecular complexity index is 308. The number of fused-ring (bicyclic) bond motifs is 1. The van der Waals surface area contributed by atoms with Gasteiger partial charge in [-0.3, -0.25) is 5.10 Å². The van der Waals surface area contributed by atoms with E-state index in [0.717, 1.165) is 18.5 Å². The number of hydrogen-bond donors (Lipinski definition) is 3. The monoisotopic (exact) mass is 195 g/mol. The molecule has 0 saturated carbocycles. The minimum atomic E-state index is -0.488. The Balaban J connectivity index is 2.21. The summed E-state index contributed by atoms with van der Waals surface area (Å²) < 4.78 is 0. The molecule has 0 radical (unpaired) electrons. The van der Waals surface area contributed by atoms with Crippen molar-refractivity contribution in [1.29, 1.82) is 0 Å². The third-order valence-electron chi connectivity index (χ3n) is 2.84. The first-order valence-electron chi connectivity index (χ1n) is 5.27. The fourth-order valence-corrected chi connectivity index (χ4v) is 2.08. The van der Waals surface area contributed by atoms with Crippen molar-refractivity contribution >= 4 is 0 Å². The number of aromatic nitrogens is 2. The quantitative estimate of drug-likeness (QED) is 0.663. The van der Waals surface area contributed by atoms with Gasteiger partial charge in [0.05, 0.1) is 11.8 Å². The molecule has 0 unspecified atom stereocenters. The van der Waals surface area contributed by atoms with Crippen molar-refractivity contribution < 1.29 is 5.11 Å². The number of H-pyrrole nitrogens is 1. The standard InChI is InChI=1S/C10H17N3O/c11-6-5-9(14)10-7-3-1-2-4-8(7)12-13-10/h9,14H,1-6,11H2,(H,12,13)/t9-/m0/s1. The van der Waals surface area contributed by atoms with Crippen LogP contribution in [0.5, 0.6) is 0 Å². The fourth-order valence-electron chi connectivity index (χ4n) is 2.08. The van der Waals surface area contributed by atoms with Crippen molar-refractivity contribution in [2.24, 2.45) is 5.73 Å². The maximum Gasteiger partial charge on any atom is 0.0993 e. The lowest BCUT2D eigenvalue weighted by Crippen LogP contribution is -2.10. The molecule has 0 amide bonds. The molecule has 1 heterocycles. The van der Waals surface area contributed by atoms with E-state index in [9.17, 15) is 5.11 Å². The van der Waals surface area contributed by atoms with E-state index in [1.165, 1.54) is 24.1 Å². The second-order valence-corrected chi connectivity index (χ2v) is 3.87. The first-order chi connectivity index (χ1) is 6.83. The van der Waals surface area contributed by atoms with Crippen molar-refractivity contribution in [3.63, 3.8) is 0 Å². The van der Waals surface area contributed by atoms with Gasteiger partial charge in [-0.15, -0.1) is 0 Å². The normalized spacial score (nSPS) is 17.9. The molecule has 0 aromatic carbocycles. The lowest BCUT2D eigenvalue weighted by molar-refractivity contribution is 0.164. The zero-order chi connectivity index (χ0) is 9.97. The summed E-state index contributed by atoms with van der Waals surface area (Å²) in [7, 11) is 0. The maximum absolute atomic E-state index is 9.80. The van der Waals surface area contributed by atoms with Gasteiger partial charge in [0.2, 0.25) is 0 Å². The number of nitrogens with two attached hydrogens (primary N) is 1. The Morgan fingerprint density at radius 2 is 2.21 bits per heavy atom. The second kappa shape index (κ2) is 4.11. The molecule has 1 aliphatic carbocycles. The minimum Gasteiger partial charge on any atom is -0.387 e. The smallest absolute Gasteiger partial charge is 0.0993 e. The van der Waals surface area contributed by atoms with Gasteiger partial charge >= 0.3 is 0 Å². The van der Waals surface area contributed by atoms with Crippen molar-refractivity contribution in [3.05, 3.63) is 17.0 Å². The number of aliphatic hydroxyl groups excluding tert-OH is 1. The van der Waals surface area contributed by atoms with E-state index in [1.807, 2.05) is 0 Å². The summed E-state index contributed by atoms with van der Waals surface area (Å²) in [5.41, 5.74) is 8.68.